The van der Waals surface area contributed by atoms with Crippen molar-refractivity contribution in [3.05, 3.63) is 137 Å². The normalized spacial score (nSPS) is 18.1. The molecule has 0 bridgehead atoms. The summed E-state index contributed by atoms with van der Waals surface area (Å²) in [6, 6.07) is 39.5. The minimum absolute atomic E-state index is 0.0261. The summed E-state index contributed by atoms with van der Waals surface area (Å²) in [5.41, 5.74) is 15.8. The van der Waals surface area contributed by atoms with Gasteiger partial charge in [-0.15, -0.1) is 0 Å². The maximum Gasteiger partial charge on any atom is 0.494 e. The number of hydrogen-bond acceptors (Lipinski definition) is 2. The predicted octanol–water partition coefficient (Wildman–Crippen LogP) is 10.6. The van der Waals surface area contributed by atoms with Crippen LogP contribution in [0.15, 0.2) is 103 Å². The van der Waals surface area contributed by atoms with Crippen molar-refractivity contribution in [2.45, 2.75) is 96.7 Å². The molecule has 0 aromatic heterocycles. The quantitative estimate of drug-likeness (QED) is 0.177. The highest BCUT2D eigenvalue weighted by Crippen LogP contribution is 2.63. The van der Waals surface area contributed by atoms with Gasteiger partial charge in [0.25, 0.3) is 0 Å². The van der Waals surface area contributed by atoms with E-state index in [9.17, 15) is 0 Å². The molecule has 0 amide bonds. The standard InChI is InChI=1S/C45H47BO2/c1-41(2,3)30-19-22-35-36-23-20-31(42(4,5)6)27-40(36)45(39(35)26-30)37-17-12-11-16-33(37)34-21-18-29(25-38(34)45)28-14-13-15-32(24-28)46-47-43(7,8)44(9,10)48-46/h11-27H,1-10H3. The van der Waals surface area contributed by atoms with Gasteiger partial charge in [0, 0.05) is 0 Å². The molecular weight excluding hydrogens is 583 g/mol. The van der Waals surface area contributed by atoms with Crippen LogP contribution in [0.4, 0.5) is 0 Å². The molecule has 5 aromatic carbocycles. The highest BCUT2D eigenvalue weighted by molar-refractivity contribution is 6.62. The Morgan fingerprint density at radius 2 is 0.938 bits per heavy atom. The topological polar surface area (TPSA) is 18.5 Å². The second kappa shape index (κ2) is 10.1. The van der Waals surface area contributed by atoms with Crippen molar-refractivity contribution in [1.82, 2.24) is 0 Å². The van der Waals surface area contributed by atoms with Crippen molar-refractivity contribution in [1.29, 1.82) is 0 Å². The van der Waals surface area contributed by atoms with E-state index in [1.807, 2.05) is 0 Å². The summed E-state index contributed by atoms with van der Waals surface area (Å²) in [5, 5.41) is 0. The number of fused-ring (bicyclic) bond motifs is 10. The summed E-state index contributed by atoms with van der Waals surface area (Å²) in [6.07, 6.45) is 0. The van der Waals surface area contributed by atoms with Crippen molar-refractivity contribution >= 4 is 12.6 Å². The molecule has 48 heavy (non-hydrogen) atoms. The number of benzene rings is 5. The first-order chi connectivity index (χ1) is 22.5. The van der Waals surface area contributed by atoms with Crippen LogP contribution < -0.4 is 5.46 Å². The van der Waals surface area contributed by atoms with Crippen LogP contribution in [0.25, 0.3) is 33.4 Å². The zero-order valence-electron chi connectivity index (χ0n) is 30.2. The molecule has 3 heteroatoms. The molecule has 0 N–H and O–H groups in total. The third-order valence-corrected chi connectivity index (χ3v) is 11.7. The van der Waals surface area contributed by atoms with Gasteiger partial charge in [0.2, 0.25) is 0 Å². The molecule has 8 rings (SSSR count). The van der Waals surface area contributed by atoms with Gasteiger partial charge in [-0.1, -0.05) is 139 Å². The maximum absolute atomic E-state index is 6.47. The van der Waals surface area contributed by atoms with Gasteiger partial charge in [0.1, 0.15) is 0 Å². The van der Waals surface area contributed by atoms with Crippen molar-refractivity contribution < 1.29 is 9.31 Å². The Kier molecular flexibility index (Phi) is 6.57. The second-order valence-electron chi connectivity index (χ2n) is 17.3. The van der Waals surface area contributed by atoms with Gasteiger partial charge in [0.05, 0.1) is 16.6 Å². The van der Waals surface area contributed by atoms with Gasteiger partial charge in [-0.2, -0.15) is 0 Å². The summed E-state index contributed by atoms with van der Waals surface area (Å²) in [6.45, 7) is 22.4. The van der Waals surface area contributed by atoms with Gasteiger partial charge in [-0.3, -0.25) is 0 Å². The summed E-state index contributed by atoms with van der Waals surface area (Å²) in [7, 11) is -0.403. The van der Waals surface area contributed by atoms with Gasteiger partial charge in [0.15, 0.2) is 0 Å². The van der Waals surface area contributed by atoms with Crippen LogP contribution >= 0.6 is 0 Å². The Hall–Kier alpha value is -3.92. The monoisotopic (exact) mass is 630 g/mol. The molecule has 2 aliphatic carbocycles. The first kappa shape index (κ1) is 31.4. The van der Waals surface area contributed by atoms with Crippen molar-refractivity contribution in [3.63, 3.8) is 0 Å². The molecule has 0 unspecified atom stereocenters. The van der Waals surface area contributed by atoms with E-state index in [0.717, 1.165) is 5.46 Å². The van der Waals surface area contributed by atoms with E-state index in [0.29, 0.717) is 0 Å². The Morgan fingerprint density at radius 3 is 1.50 bits per heavy atom. The van der Waals surface area contributed by atoms with Crippen molar-refractivity contribution in [3.8, 4) is 33.4 Å². The molecule has 2 nitrogen and oxygen atoms in total. The fraction of sp³-hybridized carbons (Fsp3) is 0.333. The van der Waals surface area contributed by atoms with Crippen LogP contribution in [0, 0.1) is 0 Å². The molecule has 0 saturated carbocycles. The van der Waals surface area contributed by atoms with Crippen molar-refractivity contribution in [2.24, 2.45) is 0 Å². The Labute approximate surface area is 287 Å². The zero-order chi connectivity index (χ0) is 34.0. The van der Waals surface area contributed by atoms with Gasteiger partial charge >= 0.3 is 7.12 Å². The van der Waals surface area contributed by atoms with Gasteiger partial charge in [-0.25, -0.2) is 0 Å². The smallest absolute Gasteiger partial charge is 0.399 e. The predicted molar refractivity (Wildman–Crippen MR) is 201 cm³/mol. The number of hydrogen-bond donors (Lipinski definition) is 0. The van der Waals surface area contributed by atoms with Crippen LogP contribution in [0.3, 0.4) is 0 Å². The molecule has 1 aliphatic heterocycles. The Balaban J connectivity index is 1.38. The molecular formula is C45H47BO2. The average Bonchev–Trinajstić information content (AvgIpc) is 3.58. The minimum atomic E-state index is -0.418. The molecule has 0 atom stereocenters. The first-order valence-electron chi connectivity index (χ1n) is 17.5. The van der Waals surface area contributed by atoms with Crippen LogP contribution in [-0.2, 0) is 25.6 Å². The minimum Gasteiger partial charge on any atom is -0.399 e. The lowest BCUT2D eigenvalue weighted by molar-refractivity contribution is 0.00578. The van der Waals surface area contributed by atoms with Crippen LogP contribution in [0.2, 0.25) is 0 Å². The van der Waals surface area contributed by atoms with E-state index < -0.39 is 12.5 Å². The van der Waals surface area contributed by atoms with E-state index in [1.165, 1.54) is 66.8 Å². The Morgan fingerprint density at radius 1 is 0.458 bits per heavy atom. The summed E-state index contributed by atoms with van der Waals surface area (Å²) in [4.78, 5) is 0. The van der Waals surface area contributed by atoms with E-state index in [-0.39, 0.29) is 22.0 Å². The van der Waals surface area contributed by atoms with Crippen LogP contribution in [0.1, 0.15) is 103 Å². The molecule has 5 aromatic rings. The summed E-state index contributed by atoms with van der Waals surface area (Å²) >= 11 is 0. The summed E-state index contributed by atoms with van der Waals surface area (Å²) < 4.78 is 12.9. The molecule has 1 fully saturated rings. The highest BCUT2D eigenvalue weighted by atomic mass is 16.7. The third kappa shape index (κ3) is 4.40. The molecule has 0 radical (unpaired) electrons. The van der Waals surface area contributed by atoms with E-state index in [2.05, 4.69) is 172 Å². The highest BCUT2D eigenvalue weighted by Gasteiger charge is 2.53. The zero-order valence-corrected chi connectivity index (χ0v) is 30.2. The lowest BCUT2D eigenvalue weighted by atomic mass is 9.68. The van der Waals surface area contributed by atoms with E-state index >= 15 is 0 Å². The third-order valence-electron chi connectivity index (χ3n) is 11.7. The first-order valence-corrected chi connectivity index (χ1v) is 17.5. The summed E-state index contributed by atoms with van der Waals surface area (Å²) in [5.74, 6) is 0. The molecule has 1 spiro atoms. The maximum atomic E-state index is 6.47. The molecule has 1 heterocycles. The molecule has 1 saturated heterocycles. The second-order valence-corrected chi connectivity index (χ2v) is 17.3. The Bertz CT molecular complexity index is 2040. The molecule has 242 valence electrons. The van der Waals surface area contributed by atoms with E-state index in [4.69, 9.17) is 9.31 Å². The number of rotatable bonds is 2. The van der Waals surface area contributed by atoms with E-state index in [1.54, 1.807) is 0 Å². The van der Waals surface area contributed by atoms with Gasteiger partial charge < -0.3 is 9.31 Å². The molecule has 3 aliphatic rings. The fourth-order valence-electron chi connectivity index (χ4n) is 8.14. The lowest BCUT2D eigenvalue weighted by Gasteiger charge is -2.33. The largest absolute Gasteiger partial charge is 0.494 e. The van der Waals surface area contributed by atoms with Crippen molar-refractivity contribution in [2.75, 3.05) is 0 Å². The van der Waals surface area contributed by atoms with Crippen LogP contribution in [-0.4, -0.2) is 18.3 Å². The fourth-order valence-corrected chi connectivity index (χ4v) is 8.14. The van der Waals surface area contributed by atoms with Crippen LogP contribution in [0.5, 0.6) is 0 Å². The van der Waals surface area contributed by atoms with Gasteiger partial charge in [-0.05, 0) is 117 Å². The average molecular weight is 631 g/mol. The lowest BCUT2D eigenvalue weighted by Crippen LogP contribution is -2.41. The SMILES string of the molecule is CC(C)(C)c1ccc2c(c1)C1(c3ccccc3-c3ccc(-c4cccc(B5OC(C)(C)C(C)(C)O5)c4)cc31)c1cc(C(C)(C)C)ccc1-2.